The highest BCUT2D eigenvalue weighted by atomic mass is 32.2. The smallest absolute Gasteiger partial charge is 0.322 e. The van der Waals surface area contributed by atoms with Crippen molar-refractivity contribution in [1.82, 2.24) is 4.31 Å². The van der Waals surface area contributed by atoms with Crippen molar-refractivity contribution in [3.05, 3.63) is 59.2 Å². The van der Waals surface area contributed by atoms with E-state index in [0.29, 0.717) is 24.3 Å². The summed E-state index contributed by atoms with van der Waals surface area (Å²) >= 11 is 0. The van der Waals surface area contributed by atoms with E-state index >= 15 is 0 Å². The van der Waals surface area contributed by atoms with Gasteiger partial charge in [-0.15, -0.1) is 0 Å². The summed E-state index contributed by atoms with van der Waals surface area (Å²) in [4.78, 5) is 12.5. The van der Waals surface area contributed by atoms with Gasteiger partial charge in [0.1, 0.15) is 0 Å². The number of rotatable bonds is 4. The van der Waals surface area contributed by atoms with Gasteiger partial charge in [-0.2, -0.15) is 17.5 Å². The molecule has 156 valence electrons. The summed E-state index contributed by atoms with van der Waals surface area (Å²) in [6, 6.07) is 8.31. The second kappa shape index (κ2) is 8.16. The summed E-state index contributed by atoms with van der Waals surface area (Å²) in [7, 11) is -3.67. The van der Waals surface area contributed by atoms with Crippen LogP contribution in [0.3, 0.4) is 0 Å². The number of carbonyl (C=O) groups is 1. The lowest BCUT2D eigenvalue weighted by Gasteiger charge is -2.26. The van der Waals surface area contributed by atoms with Crippen LogP contribution in [0.1, 0.15) is 40.7 Å². The minimum absolute atomic E-state index is 0.0432. The molecule has 3 rings (SSSR count). The molecule has 0 atom stereocenters. The first kappa shape index (κ1) is 21.3. The van der Waals surface area contributed by atoms with Crippen LogP contribution in [0, 0.1) is 6.92 Å². The number of carbonyl (C=O) groups excluding carboxylic acids is 1. The quantitative estimate of drug-likeness (QED) is 0.786. The normalized spacial score (nSPS) is 15.9. The Morgan fingerprint density at radius 2 is 1.62 bits per heavy atom. The van der Waals surface area contributed by atoms with Crippen LogP contribution in [0.15, 0.2) is 47.4 Å². The zero-order valence-electron chi connectivity index (χ0n) is 15.8. The molecular formula is C20H21F3N2O3S. The number of benzene rings is 2. The zero-order chi connectivity index (χ0) is 21.2. The fraction of sp³-hybridized carbons (Fsp3) is 0.350. The second-order valence-electron chi connectivity index (χ2n) is 6.97. The van der Waals surface area contributed by atoms with E-state index in [9.17, 15) is 26.4 Å². The van der Waals surface area contributed by atoms with Gasteiger partial charge >= 0.3 is 6.18 Å². The van der Waals surface area contributed by atoms with Crippen molar-refractivity contribution in [1.29, 1.82) is 0 Å². The predicted molar refractivity (Wildman–Crippen MR) is 103 cm³/mol. The predicted octanol–water partition coefficient (Wildman–Crippen LogP) is 4.44. The van der Waals surface area contributed by atoms with Crippen LogP contribution in [0.5, 0.6) is 0 Å². The van der Waals surface area contributed by atoms with Crippen molar-refractivity contribution >= 4 is 21.6 Å². The Bertz CT molecular complexity index is 997. The molecule has 0 saturated carbocycles. The summed E-state index contributed by atoms with van der Waals surface area (Å²) < 4.78 is 65.1. The monoisotopic (exact) mass is 426 g/mol. The number of halogens is 3. The number of alkyl halides is 3. The molecule has 1 saturated heterocycles. The Balaban J connectivity index is 1.82. The molecule has 0 bridgehead atoms. The van der Waals surface area contributed by atoms with E-state index in [2.05, 4.69) is 5.32 Å². The van der Waals surface area contributed by atoms with Gasteiger partial charge in [-0.25, -0.2) is 8.42 Å². The highest BCUT2D eigenvalue weighted by Crippen LogP contribution is 2.29. The lowest BCUT2D eigenvalue weighted by atomic mass is 10.1. The van der Waals surface area contributed by atoms with Gasteiger partial charge < -0.3 is 5.32 Å². The van der Waals surface area contributed by atoms with Crippen molar-refractivity contribution in [2.24, 2.45) is 0 Å². The van der Waals surface area contributed by atoms with Crippen molar-refractivity contribution < 1.29 is 26.4 Å². The molecule has 0 spiro atoms. The maximum atomic E-state index is 12.8. The number of aryl methyl sites for hydroxylation is 1. The van der Waals surface area contributed by atoms with E-state index in [-0.39, 0.29) is 10.5 Å². The summed E-state index contributed by atoms with van der Waals surface area (Å²) in [5.74, 6) is -0.616. The lowest BCUT2D eigenvalue weighted by Crippen LogP contribution is -2.35. The second-order valence-corrected chi connectivity index (χ2v) is 8.91. The van der Waals surface area contributed by atoms with Crippen LogP contribution >= 0.6 is 0 Å². The van der Waals surface area contributed by atoms with Crippen molar-refractivity contribution in [3.8, 4) is 0 Å². The largest absolute Gasteiger partial charge is 0.416 e. The Labute approximate surface area is 167 Å². The van der Waals surface area contributed by atoms with Crippen LogP contribution in [-0.4, -0.2) is 31.7 Å². The molecule has 1 N–H and O–H groups in total. The lowest BCUT2D eigenvalue weighted by molar-refractivity contribution is -0.137. The van der Waals surface area contributed by atoms with Crippen LogP contribution in [0.2, 0.25) is 0 Å². The molecule has 2 aromatic carbocycles. The van der Waals surface area contributed by atoms with Gasteiger partial charge in [0.15, 0.2) is 0 Å². The molecule has 1 heterocycles. The molecule has 5 nitrogen and oxygen atoms in total. The number of hydrogen-bond donors (Lipinski definition) is 1. The summed E-state index contributed by atoms with van der Waals surface area (Å²) in [5.41, 5.74) is 0.136. The Hall–Kier alpha value is -2.39. The van der Waals surface area contributed by atoms with Gasteiger partial charge in [0.05, 0.1) is 10.5 Å². The van der Waals surface area contributed by atoms with Crippen LogP contribution in [-0.2, 0) is 16.2 Å². The fourth-order valence-electron chi connectivity index (χ4n) is 3.16. The van der Waals surface area contributed by atoms with Gasteiger partial charge in [0.25, 0.3) is 5.91 Å². The van der Waals surface area contributed by atoms with Crippen LogP contribution < -0.4 is 5.32 Å². The Morgan fingerprint density at radius 1 is 1.00 bits per heavy atom. The highest BCUT2D eigenvalue weighted by molar-refractivity contribution is 7.89. The number of nitrogens with one attached hydrogen (secondary N) is 1. The molecule has 0 radical (unpaired) electrons. The molecular weight excluding hydrogens is 405 g/mol. The third kappa shape index (κ3) is 4.79. The van der Waals surface area contributed by atoms with Gasteiger partial charge in [-0.05, 0) is 61.7 Å². The zero-order valence-corrected chi connectivity index (χ0v) is 16.6. The molecule has 0 unspecified atom stereocenters. The highest BCUT2D eigenvalue weighted by Gasteiger charge is 2.30. The third-order valence-electron chi connectivity index (χ3n) is 4.88. The average Bonchev–Trinajstić information content (AvgIpc) is 2.69. The van der Waals surface area contributed by atoms with Crippen molar-refractivity contribution in [2.45, 2.75) is 37.3 Å². The van der Waals surface area contributed by atoms with Gasteiger partial charge in [0.2, 0.25) is 10.0 Å². The van der Waals surface area contributed by atoms with Crippen LogP contribution in [0.25, 0.3) is 0 Å². The average molecular weight is 426 g/mol. The van der Waals surface area contributed by atoms with E-state index in [1.165, 1.54) is 16.4 Å². The van der Waals surface area contributed by atoms with E-state index in [4.69, 9.17) is 0 Å². The first-order valence-corrected chi connectivity index (χ1v) is 10.6. The van der Waals surface area contributed by atoms with E-state index in [1.807, 2.05) is 0 Å². The maximum Gasteiger partial charge on any atom is 0.416 e. The molecule has 1 fully saturated rings. The molecule has 1 aliphatic rings. The summed E-state index contributed by atoms with van der Waals surface area (Å²) in [6.45, 7) is 2.63. The van der Waals surface area contributed by atoms with E-state index < -0.39 is 27.7 Å². The number of nitrogens with zero attached hydrogens (tertiary/aromatic N) is 1. The van der Waals surface area contributed by atoms with Crippen molar-refractivity contribution in [3.63, 3.8) is 0 Å². The molecule has 2 aromatic rings. The van der Waals surface area contributed by atoms with E-state index in [1.54, 1.807) is 13.0 Å². The maximum absolute atomic E-state index is 12.8. The molecule has 1 aliphatic heterocycles. The minimum atomic E-state index is -4.48. The van der Waals surface area contributed by atoms with Crippen LogP contribution in [0.4, 0.5) is 18.9 Å². The van der Waals surface area contributed by atoms with Gasteiger partial charge in [-0.3, -0.25) is 4.79 Å². The van der Waals surface area contributed by atoms with Gasteiger partial charge in [-0.1, -0.05) is 12.5 Å². The standard InChI is InChI=1S/C20H21F3N2O3S/c1-14-5-10-17(29(27,28)25-11-3-2-4-12-25)13-18(14)24-19(26)15-6-8-16(9-7-15)20(21,22)23/h5-10,13H,2-4,11-12H2,1H3,(H,24,26). The molecule has 29 heavy (non-hydrogen) atoms. The Morgan fingerprint density at radius 3 is 2.21 bits per heavy atom. The van der Waals surface area contributed by atoms with E-state index in [0.717, 1.165) is 43.5 Å². The van der Waals surface area contributed by atoms with Crippen molar-refractivity contribution in [2.75, 3.05) is 18.4 Å². The molecule has 0 aromatic heterocycles. The molecule has 0 aliphatic carbocycles. The number of piperidine rings is 1. The summed E-state index contributed by atoms with van der Waals surface area (Å²) in [5, 5.41) is 2.60. The first-order valence-electron chi connectivity index (χ1n) is 9.18. The number of hydrogen-bond acceptors (Lipinski definition) is 3. The Kier molecular flexibility index (Phi) is 6.00. The molecule has 9 heteroatoms. The first-order chi connectivity index (χ1) is 13.6. The SMILES string of the molecule is Cc1ccc(S(=O)(=O)N2CCCCC2)cc1NC(=O)c1ccc(C(F)(F)F)cc1. The fourth-order valence-corrected chi connectivity index (χ4v) is 4.70. The molecule has 1 amide bonds. The van der Waals surface area contributed by atoms with Gasteiger partial charge in [0, 0.05) is 24.3 Å². The summed E-state index contributed by atoms with van der Waals surface area (Å²) in [6.07, 6.45) is -1.87. The minimum Gasteiger partial charge on any atom is -0.322 e. The number of sulfonamides is 1. The number of anilines is 1. The topological polar surface area (TPSA) is 66.5 Å². The number of amides is 1. The third-order valence-corrected chi connectivity index (χ3v) is 6.78.